The number of carbonyl (C=O) groups excluding carboxylic acids is 3. The third-order valence-electron chi connectivity index (χ3n) is 3.09. The van der Waals surface area contributed by atoms with Gasteiger partial charge >= 0.3 is 11.9 Å². The number of nitrogens with zero attached hydrogens (tertiary/aromatic N) is 1. The first-order valence-corrected chi connectivity index (χ1v) is 8.64. The van der Waals surface area contributed by atoms with Gasteiger partial charge in [0, 0.05) is 5.38 Å². The van der Waals surface area contributed by atoms with E-state index in [1.165, 1.54) is 18.2 Å². The van der Waals surface area contributed by atoms with Crippen molar-refractivity contribution in [1.82, 2.24) is 4.98 Å². The lowest BCUT2D eigenvalue weighted by molar-refractivity contribution is -0.146. The van der Waals surface area contributed by atoms with Gasteiger partial charge in [-0.2, -0.15) is 0 Å². The summed E-state index contributed by atoms with van der Waals surface area (Å²) in [5, 5.41) is 4.36. The number of halogens is 1. The van der Waals surface area contributed by atoms with Crippen LogP contribution < -0.4 is 5.32 Å². The van der Waals surface area contributed by atoms with Crippen molar-refractivity contribution in [3.05, 3.63) is 46.7 Å². The molecule has 1 heterocycles. The SMILES string of the molecule is CCOC(=O)Cc1csc(NC(=O)COC(=O)Cc2ccccc2F)n1. The van der Waals surface area contributed by atoms with Gasteiger partial charge in [-0.25, -0.2) is 9.37 Å². The van der Waals surface area contributed by atoms with E-state index in [1.807, 2.05) is 0 Å². The van der Waals surface area contributed by atoms with Crippen LogP contribution in [0.25, 0.3) is 0 Å². The lowest BCUT2D eigenvalue weighted by atomic mass is 10.1. The van der Waals surface area contributed by atoms with E-state index in [0.29, 0.717) is 5.69 Å². The summed E-state index contributed by atoms with van der Waals surface area (Å²) in [5.41, 5.74) is 0.668. The Labute approximate surface area is 153 Å². The van der Waals surface area contributed by atoms with Crippen LogP contribution in [-0.2, 0) is 36.7 Å². The molecule has 0 saturated carbocycles. The predicted octanol–water partition coefficient (Wildman–Crippen LogP) is 2.11. The monoisotopic (exact) mass is 380 g/mol. The second kappa shape index (κ2) is 9.62. The summed E-state index contributed by atoms with van der Waals surface area (Å²) in [6.07, 6.45) is -0.251. The smallest absolute Gasteiger partial charge is 0.311 e. The first kappa shape index (κ1) is 19.5. The minimum atomic E-state index is -0.715. The number of carbonyl (C=O) groups is 3. The largest absolute Gasteiger partial charge is 0.466 e. The average molecular weight is 380 g/mol. The number of hydrogen-bond acceptors (Lipinski definition) is 7. The highest BCUT2D eigenvalue weighted by molar-refractivity contribution is 7.13. The maximum absolute atomic E-state index is 13.5. The van der Waals surface area contributed by atoms with Crippen molar-refractivity contribution in [1.29, 1.82) is 0 Å². The van der Waals surface area contributed by atoms with Crippen molar-refractivity contribution in [3.63, 3.8) is 0 Å². The molecule has 1 aromatic heterocycles. The number of nitrogens with one attached hydrogen (secondary N) is 1. The van der Waals surface area contributed by atoms with E-state index >= 15 is 0 Å². The molecular formula is C17H17FN2O5S. The highest BCUT2D eigenvalue weighted by Gasteiger charge is 2.13. The molecule has 7 nitrogen and oxygen atoms in total. The molecule has 138 valence electrons. The van der Waals surface area contributed by atoms with E-state index in [-0.39, 0.29) is 30.1 Å². The van der Waals surface area contributed by atoms with E-state index in [2.05, 4.69) is 10.3 Å². The van der Waals surface area contributed by atoms with Crippen LogP contribution in [0.5, 0.6) is 0 Å². The van der Waals surface area contributed by atoms with Crippen LogP contribution in [-0.4, -0.2) is 36.0 Å². The topological polar surface area (TPSA) is 94.6 Å². The Hall–Kier alpha value is -2.81. The van der Waals surface area contributed by atoms with E-state index in [0.717, 1.165) is 11.3 Å². The summed E-state index contributed by atoms with van der Waals surface area (Å²) in [4.78, 5) is 38.9. The molecule has 0 unspecified atom stereocenters. The predicted molar refractivity (Wildman–Crippen MR) is 92.1 cm³/mol. The van der Waals surface area contributed by atoms with Crippen LogP contribution in [0, 0.1) is 5.82 Å². The number of rotatable bonds is 8. The number of amides is 1. The van der Waals surface area contributed by atoms with Crippen molar-refractivity contribution in [2.75, 3.05) is 18.5 Å². The van der Waals surface area contributed by atoms with Gasteiger partial charge in [0.2, 0.25) is 0 Å². The van der Waals surface area contributed by atoms with Crippen LogP contribution >= 0.6 is 11.3 Å². The second-order valence-electron chi connectivity index (χ2n) is 5.10. The zero-order valence-corrected chi connectivity index (χ0v) is 14.8. The first-order valence-electron chi connectivity index (χ1n) is 7.76. The molecule has 1 aromatic carbocycles. The van der Waals surface area contributed by atoms with Crippen molar-refractivity contribution in [2.45, 2.75) is 19.8 Å². The van der Waals surface area contributed by atoms with E-state index in [1.54, 1.807) is 18.4 Å². The Morgan fingerprint density at radius 1 is 1.15 bits per heavy atom. The fourth-order valence-corrected chi connectivity index (χ4v) is 2.68. The molecule has 1 N–H and O–H groups in total. The van der Waals surface area contributed by atoms with Gasteiger partial charge in [-0.1, -0.05) is 18.2 Å². The Balaban J connectivity index is 1.76. The number of hydrogen-bond donors (Lipinski definition) is 1. The number of esters is 2. The standard InChI is InChI=1S/C17H17FN2O5S/c1-2-24-16(23)8-12-10-26-17(19-12)20-14(21)9-25-15(22)7-11-5-3-4-6-13(11)18/h3-6,10H,2,7-9H2,1H3,(H,19,20,21). The average Bonchev–Trinajstić information content (AvgIpc) is 3.02. The highest BCUT2D eigenvalue weighted by Crippen LogP contribution is 2.16. The summed E-state index contributed by atoms with van der Waals surface area (Å²) in [7, 11) is 0. The molecule has 0 spiro atoms. The molecule has 0 aliphatic carbocycles. The van der Waals surface area contributed by atoms with Crippen molar-refractivity contribution in [2.24, 2.45) is 0 Å². The van der Waals surface area contributed by atoms with Gasteiger partial charge in [-0.15, -0.1) is 11.3 Å². The molecule has 0 fully saturated rings. The third-order valence-corrected chi connectivity index (χ3v) is 3.89. The number of aromatic nitrogens is 1. The number of anilines is 1. The third kappa shape index (κ3) is 6.25. The summed E-state index contributed by atoms with van der Waals surface area (Å²) >= 11 is 1.14. The molecule has 2 aromatic rings. The Bertz CT molecular complexity index is 793. The minimum absolute atomic E-state index is 0.0117. The van der Waals surface area contributed by atoms with Crippen molar-refractivity contribution >= 4 is 34.3 Å². The fraction of sp³-hybridized carbons (Fsp3) is 0.294. The summed E-state index contributed by atoms with van der Waals surface area (Å²) in [6, 6.07) is 5.83. The molecule has 0 aliphatic rings. The van der Waals surface area contributed by atoms with Gasteiger partial charge in [-0.05, 0) is 18.6 Å². The minimum Gasteiger partial charge on any atom is -0.466 e. The molecule has 0 aliphatic heterocycles. The molecular weight excluding hydrogens is 363 g/mol. The van der Waals surface area contributed by atoms with Gasteiger partial charge < -0.3 is 9.47 Å². The lowest BCUT2D eigenvalue weighted by Gasteiger charge is -2.05. The Kier molecular flexibility index (Phi) is 7.22. The Morgan fingerprint density at radius 2 is 1.88 bits per heavy atom. The van der Waals surface area contributed by atoms with Gasteiger partial charge in [0.05, 0.1) is 25.1 Å². The van der Waals surface area contributed by atoms with E-state index < -0.39 is 30.3 Å². The second-order valence-corrected chi connectivity index (χ2v) is 5.96. The van der Waals surface area contributed by atoms with Crippen LogP contribution in [0.4, 0.5) is 9.52 Å². The molecule has 0 radical (unpaired) electrons. The lowest BCUT2D eigenvalue weighted by Crippen LogP contribution is -2.21. The van der Waals surface area contributed by atoms with Gasteiger partial charge in [0.15, 0.2) is 11.7 Å². The van der Waals surface area contributed by atoms with Crippen molar-refractivity contribution < 1.29 is 28.2 Å². The normalized spacial score (nSPS) is 10.2. The first-order chi connectivity index (χ1) is 12.5. The maximum atomic E-state index is 13.5. The molecule has 9 heteroatoms. The van der Waals surface area contributed by atoms with Crippen LogP contribution in [0.15, 0.2) is 29.6 Å². The molecule has 0 atom stereocenters. The maximum Gasteiger partial charge on any atom is 0.311 e. The number of thiazole rings is 1. The highest BCUT2D eigenvalue weighted by atomic mass is 32.1. The van der Waals surface area contributed by atoms with Gasteiger partial charge in [-0.3, -0.25) is 19.7 Å². The van der Waals surface area contributed by atoms with E-state index in [9.17, 15) is 18.8 Å². The van der Waals surface area contributed by atoms with Crippen LogP contribution in [0.3, 0.4) is 0 Å². The summed E-state index contributed by atoms with van der Waals surface area (Å²) < 4.78 is 23.1. The molecule has 0 bridgehead atoms. The zero-order valence-electron chi connectivity index (χ0n) is 14.0. The molecule has 2 rings (SSSR count). The molecule has 1 amide bonds. The van der Waals surface area contributed by atoms with Crippen LogP contribution in [0.2, 0.25) is 0 Å². The molecule has 0 saturated heterocycles. The zero-order chi connectivity index (χ0) is 18.9. The van der Waals surface area contributed by atoms with Crippen LogP contribution in [0.1, 0.15) is 18.2 Å². The van der Waals surface area contributed by atoms with Crippen molar-refractivity contribution in [3.8, 4) is 0 Å². The quantitative estimate of drug-likeness (QED) is 0.705. The molecule has 26 heavy (non-hydrogen) atoms. The number of ether oxygens (including phenoxy) is 2. The van der Waals surface area contributed by atoms with Gasteiger partial charge in [0.1, 0.15) is 5.82 Å². The van der Waals surface area contributed by atoms with Gasteiger partial charge in [0.25, 0.3) is 5.91 Å². The Morgan fingerprint density at radius 3 is 2.62 bits per heavy atom. The fourth-order valence-electron chi connectivity index (χ4n) is 1.96. The summed E-state index contributed by atoms with van der Waals surface area (Å²) in [6.45, 7) is 1.48. The van der Waals surface area contributed by atoms with E-state index in [4.69, 9.17) is 9.47 Å². The number of benzene rings is 1. The summed E-state index contributed by atoms with van der Waals surface area (Å²) in [5.74, 6) is -2.21.